The van der Waals surface area contributed by atoms with Gasteiger partial charge in [0.05, 0.1) is 11.9 Å². The Kier molecular flexibility index (Phi) is 3.05. The largest absolute Gasteiger partial charge is 0.319 e. The molecular formula is C11H8F3N3O. The minimum atomic E-state index is -1.60. The van der Waals surface area contributed by atoms with Crippen LogP contribution in [0.1, 0.15) is 10.4 Å². The van der Waals surface area contributed by atoms with Gasteiger partial charge < -0.3 is 5.32 Å². The van der Waals surface area contributed by atoms with Gasteiger partial charge in [-0.2, -0.15) is 5.10 Å². The van der Waals surface area contributed by atoms with E-state index in [9.17, 15) is 18.0 Å². The van der Waals surface area contributed by atoms with Gasteiger partial charge in [-0.15, -0.1) is 0 Å². The normalized spacial score (nSPS) is 10.4. The zero-order valence-corrected chi connectivity index (χ0v) is 9.25. The number of nitrogens with one attached hydrogen (secondary N) is 1. The lowest BCUT2D eigenvalue weighted by molar-refractivity contribution is 0.102. The van der Waals surface area contributed by atoms with Gasteiger partial charge in [0, 0.05) is 18.8 Å². The van der Waals surface area contributed by atoms with Crippen molar-refractivity contribution in [2.45, 2.75) is 0 Å². The van der Waals surface area contributed by atoms with Gasteiger partial charge in [0.1, 0.15) is 0 Å². The van der Waals surface area contributed by atoms with E-state index in [4.69, 9.17) is 0 Å². The fraction of sp³-hybridized carbons (Fsp3) is 0.0909. The first-order chi connectivity index (χ1) is 8.47. The zero-order chi connectivity index (χ0) is 13.3. The molecule has 18 heavy (non-hydrogen) atoms. The number of nitrogens with zero attached hydrogens (tertiary/aromatic N) is 2. The number of anilines is 1. The first-order valence-electron chi connectivity index (χ1n) is 4.92. The number of carbonyl (C=O) groups is 1. The molecule has 1 N–H and O–H groups in total. The average molecular weight is 255 g/mol. The molecule has 0 saturated heterocycles. The van der Waals surface area contributed by atoms with Crippen LogP contribution in [0, 0.1) is 17.5 Å². The molecule has 0 fully saturated rings. The SMILES string of the molecule is Cn1cc(NC(=O)c2cc(F)c(F)c(F)c2)cn1. The number of aromatic nitrogens is 2. The quantitative estimate of drug-likeness (QED) is 0.835. The molecule has 1 aromatic carbocycles. The number of benzene rings is 1. The summed E-state index contributed by atoms with van der Waals surface area (Å²) in [6.45, 7) is 0. The molecule has 1 aromatic heterocycles. The number of hydrogen-bond acceptors (Lipinski definition) is 2. The molecule has 2 aromatic rings. The molecule has 4 nitrogen and oxygen atoms in total. The van der Waals surface area contributed by atoms with E-state index in [1.54, 1.807) is 7.05 Å². The van der Waals surface area contributed by atoms with Gasteiger partial charge in [0.2, 0.25) is 0 Å². The minimum absolute atomic E-state index is 0.310. The lowest BCUT2D eigenvalue weighted by atomic mass is 10.2. The van der Waals surface area contributed by atoms with E-state index in [1.165, 1.54) is 17.1 Å². The van der Waals surface area contributed by atoms with Gasteiger partial charge in [-0.05, 0) is 12.1 Å². The Morgan fingerprint density at radius 1 is 1.28 bits per heavy atom. The summed E-state index contributed by atoms with van der Waals surface area (Å²) in [4.78, 5) is 11.6. The second-order valence-electron chi connectivity index (χ2n) is 3.61. The number of halogens is 3. The highest BCUT2D eigenvalue weighted by atomic mass is 19.2. The highest BCUT2D eigenvalue weighted by Crippen LogP contribution is 2.15. The van der Waals surface area contributed by atoms with Gasteiger partial charge in [0.25, 0.3) is 5.91 Å². The maximum absolute atomic E-state index is 12.9. The minimum Gasteiger partial charge on any atom is -0.319 e. The predicted molar refractivity (Wildman–Crippen MR) is 57.5 cm³/mol. The van der Waals surface area contributed by atoms with Crippen LogP contribution in [0.3, 0.4) is 0 Å². The molecule has 0 saturated carbocycles. The fourth-order valence-electron chi connectivity index (χ4n) is 1.38. The van der Waals surface area contributed by atoms with E-state index < -0.39 is 23.4 Å². The van der Waals surface area contributed by atoms with Crippen LogP contribution in [0.25, 0.3) is 0 Å². The number of rotatable bonds is 2. The Bertz CT molecular complexity index is 586. The molecule has 0 radical (unpaired) electrons. The molecule has 94 valence electrons. The van der Waals surface area contributed by atoms with Crippen molar-refractivity contribution in [1.82, 2.24) is 9.78 Å². The molecule has 7 heteroatoms. The van der Waals surface area contributed by atoms with Gasteiger partial charge in [-0.1, -0.05) is 0 Å². The van der Waals surface area contributed by atoms with Crippen LogP contribution < -0.4 is 5.32 Å². The van der Waals surface area contributed by atoms with Crippen LogP contribution in [-0.2, 0) is 7.05 Å². The topological polar surface area (TPSA) is 46.9 Å². The van der Waals surface area contributed by atoms with E-state index in [-0.39, 0.29) is 5.56 Å². The van der Waals surface area contributed by atoms with Crippen molar-refractivity contribution in [2.24, 2.45) is 7.05 Å². The van der Waals surface area contributed by atoms with E-state index in [2.05, 4.69) is 10.4 Å². The van der Waals surface area contributed by atoms with Crippen molar-refractivity contribution >= 4 is 11.6 Å². The van der Waals surface area contributed by atoms with Crippen LogP contribution in [-0.4, -0.2) is 15.7 Å². The molecule has 0 aliphatic carbocycles. The Balaban J connectivity index is 2.24. The summed E-state index contributed by atoms with van der Waals surface area (Å²) in [5, 5.41) is 6.18. The van der Waals surface area contributed by atoms with Crippen LogP contribution in [0.15, 0.2) is 24.5 Å². The van der Waals surface area contributed by atoms with E-state index >= 15 is 0 Å². The van der Waals surface area contributed by atoms with Crippen LogP contribution in [0.5, 0.6) is 0 Å². The number of amides is 1. The third-order valence-corrected chi connectivity index (χ3v) is 2.21. The van der Waals surface area contributed by atoms with Crippen LogP contribution >= 0.6 is 0 Å². The molecule has 0 unspecified atom stereocenters. The molecule has 1 amide bonds. The van der Waals surface area contributed by atoms with E-state index in [1.807, 2.05) is 0 Å². The lowest BCUT2D eigenvalue weighted by Gasteiger charge is -2.03. The Hall–Kier alpha value is -2.31. The molecule has 0 aliphatic heterocycles. The van der Waals surface area contributed by atoms with Gasteiger partial charge in [-0.25, -0.2) is 13.2 Å². The summed E-state index contributed by atoms with van der Waals surface area (Å²) < 4.78 is 40.0. The molecule has 1 heterocycles. The van der Waals surface area contributed by atoms with Crippen LogP contribution in [0.4, 0.5) is 18.9 Å². The monoisotopic (exact) mass is 255 g/mol. The van der Waals surface area contributed by atoms with Crippen molar-refractivity contribution in [3.05, 3.63) is 47.5 Å². The summed E-state index contributed by atoms with van der Waals surface area (Å²) in [6.07, 6.45) is 2.88. The summed E-state index contributed by atoms with van der Waals surface area (Å²) >= 11 is 0. The first kappa shape index (κ1) is 12.2. The number of carbonyl (C=O) groups excluding carboxylic acids is 1. The highest BCUT2D eigenvalue weighted by molar-refractivity contribution is 6.04. The summed E-state index contributed by atoms with van der Waals surface area (Å²) in [6, 6.07) is 1.26. The molecule has 0 aliphatic rings. The van der Waals surface area contributed by atoms with Gasteiger partial charge in [0.15, 0.2) is 17.5 Å². The zero-order valence-electron chi connectivity index (χ0n) is 9.25. The number of hydrogen-bond donors (Lipinski definition) is 1. The smallest absolute Gasteiger partial charge is 0.255 e. The van der Waals surface area contributed by atoms with Crippen molar-refractivity contribution in [2.75, 3.05) is 5.32 Å². The standard InChI is InChI=1S/C11H8F3N3O/c1-17-5-7(4-15-17)16-11(18)6-2-8(12)10(14)9(13)3-6/h2-5H,1H3,(H,16,18). The third-order valence-electron chi connectivity index (χ3n) is 2.21. The molecule has 0 bridgehead atoms. The maximum atomic E-state index is 12.9. The van der Waals surface area contributed by atoms with E-state index in [0.29, 0.717) is 17.8 Å². The van der Waals surface area contributed by atoms with Crippen molar-refractivity contribution in [3.8, 4) is 0 Å². The second-order valence-corrected chi connectivity index (χ2v) is 3.61. The van der Waals surface area contributed by atoms with Gasteiger partial charge >= 0.3 is 0 Å². The summed E-state index contributed by atoms with van der Waals surface area (Å²) in [7, 11) is 1.65. The van der Waals surface area contributed by atoms with Crippen molar-refractivity contribution < 1.29 is 18.0 Å². The Morgan fingerprint density at radius 3 is 2.39 bits per heavy atom. The third kappa shape index (κ3) is 2.34. The first-order valence-corrected chi connectivity index (χ1v) is 4.92. The maximum Gasteiger partial charge on any atom is 0.255 e. The highest BCUT2D eigenvalue weighted by Gasteiger charge is 2.15. The summed E-state index contributed by atoms with van der Waals surface area (Å²) in [5.74, 6) is -5.17. The Labute approximate surface area is 100 Å². The molecular weight excluding hydrogens is 247 g/mol. The van der Waals surface area contributed by atoms with Crippen LogP contribution in [0.2, 0.25) is 0 Å². The fourth-order valence-corrected chi connectivity index (χ4v) is 1.38. The lowest BCUT2D eigenvalue weighted by Crippen LogP contribution is -2.12. The average Bonchev–Trinajstić information content (AvgIpc) is 2.71. The predicted octanol–water partition coefficient (Wildman–Crippen LogP) is 2.09. The number of aryl methyl sites for hydroxylation is 1. The second kappa shape index (κ2) is 4.52. The molecule has 2 rings (SSSR count). The molecule has 0 spiro atoms. The van der Waals surface area contributed by atoms with Crippen molar-refractivity contribution in [1.29, 1.82) is 0 Å². The van der Waals surface area contributed by atoms with Gasteiger partial charge in [-0.3, -0.25) is 9.48 Å². The molecule has 0 atom stereocenters. The van der Waals surface area contributed by atoms with E-state index in [0.717, 1.165) is 0 Å². The van der Waals surface area contributed by atoms with Crippen molar-refractivity contribution in [3.63, 3.8) is 0 Å². The Morgan fingerprint density at radius 2 is 1.89 bits per heavy atom. The summed E-state index contributed by atoms with van der Waals surface area (Å²) in [5.41, 5.74) is 0.0582.